The molecule has 0 heterocycles. The summed E-state index contributed by atoms with van der Waals surface area (Å²) in [5.74, 6) is -0.319. The molecule has 1 aliphatic rings. The first kappa shape index (κ1) is 15.6. The smallest absolute Gasteiger partial charge is 0.351 e. The average Bonchev–Trinajstić information content (AvgIpc) is 3.15. The first-order chi connectivity index (χ1) is 9.27. The number of alkyl halides is 4. The van der Waals surface area contributed by atoms with Crippen molar-refractivity contribution in [2.45, 2.75) is 19.0 Å². The molecule has 110 valence electrons. The number of benzene rings is 1. The van der Waals surface area contributed by atoms with Crippen LogP contribution >= 0.6 is 27.5 Å². The maximum Gasteiger partial charge on any atom is 0.417 e. The van der Waals surface area contributed by atoms with Crippen LogP contribution in [-0.2, 0) is 6.18 Å². The number of carbonyl (C=O) groups is 1. The quantitative estimate of drug-likeness (QED) is 0.790. The Labute approximate surface area is 127 Å². The van der Waals surface area contributed by atoms with Crippen molar-refractivity contribution in [3.8, 4) is 0 Å². The zero-order valence-electron chi connectivity index (χ0n) is 10.4. The second-order valence-electron chi connectivity index (χ2n) is 5.00. The molecule has 0 aromatic heterocycles. The van der Waals surface area contributed by atoms with Crippen molar-refractivity contribution < 1.29 is 18.0 Å². The zero-order chi connectivity index (χ0) is 15.0. The molecule has 7 heteroatoms. The molecule has 0 saturated heterocycles. The van der Waals surface area contributed by atoms with Gasteiger partial charge in [-0.3, -0.25) is 4.79 Å². The van der Waals surface area contributed by atoms with Gasteiger partial charge in [-0.15, -0.1) is 11.6 Å². The summed E-state index contributed by atoms with van der Waals surface area (Å²) in [6.07, 6.45) is -2.79. The molecule has 0 radical (unpaired) electrons. The third kappa shape index (κ3) is 3.47. The van der Waals surface area contributed by atoms with E-state index in [1.165, 1.54) is 12.1 Å². The largest absolute Gasteiger partial charge is 0.417 e. The maximum absolute atomic E-state index is 12.9. The Kier molecular flexibility index (Phi) is 4.35. The van der Waals surface area contributed by atoms with Crippen molar-refractivity contribution in [2.75, 3.05) is 12.4 Å². The molecule has 0 bridgehead atoms. The summed E-state index contributed by atoms with van der Waals surface area (Å²) in [6.45, 7) is 0.308. The van der Waals surface area contributed by atoms with E-state index in [2.05, 4.69) is 21.2 Å². The SMILES string of the molecule is O=C(NCC1(CCl)CC1)c1ccc(Br)cc1C(F)(F)F. The Morgan fingerprint density at radius 2 is 2.05 bits per heavy atom. The summed E-state index contributed by atoms with van der Waals surface area (Å²) in [5, 5.41) is 2.55. The minimum atomic E-state index is -4.57. The van der Waals surface area contributed by atoms with E-state index in [1.807, 2.05) is 0 Å². The van der Waals surface area contributed by atoms with E-state index in [9.17, 15) is 18.0 Å². The summed E-state index contributed by atoms with van der Waals surface area (Å²) >= 11 is 8.75. The van der Waals surface area contributed by atoms with Crippen LogP contribution in [0.5, 0.6) is 0 Å². The van der Waals surface area contributed by atoms with Gasteiger partial charge in [-0.25, -0.2) is 0 Å². The Bertz CT molecular complexity index is 529. The van der Waals surface area contributed by atoms with Crippen molar-refractivity contribution in [2.24, 2.45) is 5.41 Å². The number of halogens is 5. The molecule has 1 amide bonds. The van der Waals surface area contributed by atoms with Crippen LogP contribution < -0.4 is 5.32 Å². The summed E-state index contributed by atoms with van der Waals surface area (Å²) in [6, 6.07) is 3.49. The molecule has 0 atom stereocenters. The van der Waals surface area contributed by atoms with Gasteiger partial charge in [0, 0.05) is 22.3 Å². The molecule has 1 saturated carbocycles. The summed E-state index contributed by atoms with van der Waals surface area (Å²) in [5.41, 5.74) is -1.45. The van der Waals surface area contributed by atoms with Crippen molar-refractivity contribution in [3.63, 3.8) is 0 Å². The number of carbonyl (C=O) groups excluding carboxylic acids is 1. The Morgan fingerprint density at radius 1 is 1.40 bits per heavy atom. The second-order valence-corrected chi connectivity index (χ2v) is 6.19. The molecule has 2 nitrogen and oxygen atoms in total. The van der Waals surface area contributed by atoms with Crippen LogP contribution in [0.1, 0.15) is 28.8 Å². The second kappa shape index (κ2) is 5.56. The molecule has 0 aliphatic heterocycles. The Hall–Kier alpha value is -0.750. The van der Waals surface area contributed by atoms with Gasteiger partial charge in [0.15, 0.2) is 0 Å². The molecule has 0 spiro atoms. The van der Waals surface area contributed by atoms with Gasteiger partial charge in [0.25, 0.3) is 5.91 Å². The number of hydrogen-bond acceptors (Lipinski definition) is 1. The summed E-state index contributed by atoms with van der Waals surface area (Å²) < 4.78 is 39.0. The summed E-state index contributed by atoms with van der Waals surface area (Å²) in [4.78, 5) is 11.9. The van der Waals surface area contributed by atoms with E-state index >= 15 is 0 Å². The molecule has 1 aliphatic carbocycles. The predicted molar refractivity (Wildman–Crippen MR) is 73.9 cm³/mol. The van der Waals surface area contributed by atoms with E-state index in [0.29, 0.717) is 12.4 Å². The number of nitrogens with one attached hydrogen (secondary N) is 1. The molecular weight excluding hydrogens is 358 g/mol. The third-order valence-electron chi connectivity index (χ3n) is 3.40. The van der Waals surface area contributed by atoms with Gasteiger partial charge in [0.05, 0.1) is 11.1 Å². The van der Waals surface area contributed by atoms with Crippen LogP contribution in [0, 0.1) is 5.41 Å². The lowest BCUT2D eigenvalue weighted by atomic mass is 10.1. The van der Waals surface area contributed by atoms with Crippen LogP contribution in [0.3, 0.4) is 0 Å². The van der Waals surface area contributed by atoms with Crippen molar-refractivity contribution >= 4 is 33.4 Å². The van der Waals surface area contributed by atoms with Gasteiger partial charge < -0.3 is 5.32 Å². The van der Waals surface area contributed by atoms with Crippen LogP contribution in [0.4, 0.5) is 13.2 Å². The highest BCUT2D eigenvalue weighted by atomic mass is 79.9. The minimum absolute atomic E-state index is 0.134. The summed E-state index contributed by atoms with van der Waals surface area (Å²) in [7, 11) is 0. The highest BCUT2D eigenvalue weighted by Gasteiger charge is 2.42. The van der Waals surface area contributed by atoms with Crippen molar-refractivity contribution in [1.82, 2.24) is 5.32 Å². The van der Waals surface area contributed by atoms with Gasteiger partial charge in [-0.05, 0) is 31.0 Å². The van der Waals surface area contributed by atoms with Gasteiger partial charge in [0.1, 0.15) is 0 Å². The van der Waals surface area contributed by atoms with E-state index in [4.69, 9.17) is 11.6 Å². The fourth-order valence-electron chi connectivity index (χ4n) is 1.85. The molecule has 2 rings (SSSR count). The van der Waals surface area contributed by atoms with E-state index in [1.54, 1.807) is 0 Å². The van der Waals surface area contributed by atoms with E-state index in [0.717, 1.165) is 18.9 Å². The number of amides is 1. The Morgan fingerprint density at radius 3 is 2.55 bits per heavy atom. The first-order valence-electron chi connectivity index (χ1n) is 5.98. The van der Waals surface area contributed by atoms with Crippen LogP contribution in [0.2, 0.25) is 0 Å². The van der Waals surface area contributed by atoms with Crippen LogP contribution in [0.25, 0.3) is 0 Å². The monoisotopic (exact) mass is 369 g/mol. The van der Waals surface area contributed by atoms with Crippen LogP contribution in [-0.4, -0.2) is 18.3 Å². The van der Waals surface area contributed by atoms with E-state index in [-0.39, 0.29) is 15.5 Å². The lowest BCUT2D eigenvalue weighted by molar-refractivity contribution is -0.138. The lowest BCUT2D eigenvalue weighted by Crippen LogP contribution is -2.32. The molecule has 1 aromatic rings. The van der Waals surface area contributed by atoms with Crippen LogP contribution in [0.15, 0.2) is 22.7 Å². The van der Waals surface area contributed by atoms with Gasteiger partial charge in [-0.2, -0.15) is 13.2 Å². The average molecular weight is 371 g/mol. The standard InChI is InChI=1S/C13H12BrClF3NO/c14-8-1-2-9(10(5-8)13(16,17)18)11(20)19-7-12(6-15)3-4-12/h1-2,5H,3-4,6-7H2,(H,19,20). The minimum Gasteiger partial charge on any atom is -0.351 e. The van der Waals surface area contributed by atoms with Crippen molar-refractivity contribution in [3.05, 3.63) is 33.8 Å². The molecule has 20 heavy (non-hydrogen) atoms. The fourth-order valence-corrected chi connectivity index (χ4v) is 2.57. The highest BCUT2D eigenvalue weighted by Crippen LogP contribution is 2.46. The topological polar surface area (TPSA) is 29.1 Å². The fraction of sp³-hybridized carbons (Fsp3) is 0.462. The lowest BCUT2D eigenvalue weighted by Gasteiger charge is -2.16. The first-order valence-corrected chi connectivity index (χ1v) is 7.31. The normalized spacial score (nSPS) is 16.9. The van der Waals surface area contributed by atoms with Crippen molar-refractivity contribution in [1.29, 1.82) is 0 Å². The van der Waals surface area contributed by atoms with E-state index < -0.39 is 17.6 Å². The third-order valence-corrected chi connectivity index (χ3v) is 4.46. The van der Waals surface area contributed by atoms with Gasteiger partial charge in [0.2, 0.25) is 0 Å². The number of hydrogen-bond donors (Lipinski definition) is 1. The molecule has 1 fully saturated rings. The highest BCUT2D eigenvalue weighted by molar-refractivity contribution is 9.10. The number of rotatable bonds is 4. The molecule has 1 N–H and O–H groups in total. The molecule has 0 unspecified atom stereocenters. The zero-order valence-corrected chi connectivity index (χ0v) is 12.7. The maximum atomic E-state index is 12.9. The molecular formula is C13H12BrClF3NO. The van der Waals surface area contributed by atoms with Gasteiger partial charge in [-0.1, -0.05) is 15.9 Å². The van der Waals surface area contributed by atoms with Gasteiger partial charge >= 0.3 is 6.18 Å². The Balaban J connectivity index is 2.17. The predicted octanol–water partition coefficient (Wildman–Crippen LogP) is 4.22. The molecule has 1 aromatic carbocycles.